The Morgan fingerprint density at radius 3 is 2.29 bits per heavy atom. The van der Waals surface area contributed by atoms with Gasteiger partial charge in [0.25, 0.3) is 0 Å². The zero-order valence-electron chi connectivity index (χ0n) is 16.3. The molecule has 0 atom stereocenters. The van der Waals surface area contributed by atoms with Crippen LogP contribution in [0.15, 0.2) is 72.8 Å². The average Bonchev–Trinajstić information content (AvgIpc) is 3.00. The maximum Gasteiger partial charge on any atom is 0.419 e. The summed E-state index contributed by atoms with van der Waals surface area (Å²) in [6.07, 6.45) is -0.378. The minimum atomic E-state index is -0.562. The van der Waals surface area contributed by atoms with Crippen molar-refractivity contribution in [2.75, 3.05) is 0 Å². The molecule has 4 nitrogen and oxygen atoms in total. The van der Waals surface area contributed by atoms with Crippen molar-refractivity contribution in [1.29, 1.82) is 0 Å². The molecule has 0 aliphatic rings. The van der Waals surface area contributed by atoms with E-state index >= 15 is 0 Å². The van der Waals surface area contributed by atoms with Crippen molar-refractivity contribution in [3.63, 3.8) is 0 Å². The maximum absolute atomic E-state index is 12.9. The Bertz CT molecular complexity index is 1140. The Balaban J connectivity index is 1.75. The molecule has 0 radical (unpaired) electrons. The molecule has 4 aromatic rings. The number of benzene rings is 3. The van der Waals surface area contributed by atoms with Crippen LogP contribution in [0.25, 0.3) is 21.8 Å². The highest BCUT2D eigenvalue weighted by Gasteiger charge is 2.22. The second-order valence-electron chi connectivity index (χ2n) is 7.79. The predicted octanol–water partition coefficient (Wildman–Crippen LogP) is 6.16. The molecule has 0 saturated carbocycles. The van der Waals surface area contributed by atoms with Crippen LogP contribution in [0, 0.1) is 0 Å². The van der Waals surface area contributed by atoms with Gasteiger partial charge in [0.05, 0.1) is 11.0 Å². The first kappa shape index (κ1) is 18.1. The molecular formula is C24H23NO3. The number of carbonyl (C=O) groups excluding carboxylic acids is 1. The van der Waals surface area contributed by atoms with Crippen molar-refractivity contribution in [1.82, 2.24) is 4.57 Å². The first-order chi connectivity index (χ1) is 13.4. The van der Waals surface area contributed by atoms with Gasteiger partial charge < -0.3 is 9.47 Å². The number of rotatable bonds is 3. The number of fused-ring (bicyclic) bond motifs is 3. The highest BCUT2D eigenvalue weighted by atomic mass is 16.6. The zero-order valence-corrected chi connectivity index (χ0v) is 16.3. The van der Waals surface area contributed by atoms with E-state index in [-0.39, 0.29) is 6.09 Å². The van der Waals surface area contributed by atoms with Gasteiger partial charge in [-0.3, -0.25) is 0 Å². The van der Waals surface area contributed by atoms with Crippen molar-refractivity contribution in [3.8, 4) is 5.75 Å². The molecule has 0 saturated heterocycles. The highest BCUT2D eigenvalue weighted by Crippen LogP contribution is 2.32. The van der Waals surface area contributed by atoms with Crippen LogP contribution < -0.4 is 4.74 Å². The third-order valence-electron chi connectivity index (χ3n) is 4.47. The van der Waals surface area contributed by atoms with Crippen molar-refractivity contribution in [3.05, 3.63) is 78.4 Å². The fourth-order valence-electron chi connectivity index (χ4n) is 3.29. The van der Waals surface area contributed by atoms with Gasteiger partial charge >= 0.3 is 6.09 Å². The van der Waals surface area contributed by atoms with Crippen molar-refractivity contribution in [2.24, 2.45) is 0 Å². The average molecular weight is 373 g/mol. The van der Waals surface area contributed by atoms with E-state index in [4.69, 9.17) is 9.47 Å². The molecule has 28 heavy (non-hydrogen) atoms. The van der Waals surface area contributed by atoms with E-state index in [2.05, 4.69) is 0 Å². The first-order valence-electron chi connectivity index (χ1n) is 9.36. The minimum Gasteiger partial charge on any atom is -0.489 e. The van der Waals surface area contributed by atoms with E-state index in [0.29, 0.717) is 6.61 Å². The summed E-state index contributed by atoms with van der Waals surface area (Å²) in [7, 11) is 0. The molecule has 0 fully saturated rings. The van der Waals surface area contributed by atoms with Crippen molar-refractivity contribution < 1.29 is 14.3 Å². The Morgan fingerprint density at radius 2 is 1.54 bits per heavy atom. The third kappa shape index (κ3) is 3.58. The van der Waals surface area contributed by atoms with E-state index < -0.39 is 5.60 Å². The summed E-state index contributed by atoms with van der Waals surface area (Å²) in [6.45, 7) is 6.11. The van der Waals surface area contributed by atoms with Crippen LogP contribution in [-0.2, 0) is 11.3 Å². The molecule has 0 amide bonds. The molecule has 0 N–H and O–H groups in total. The Labute approximate surface area is 164 Å². The maximum atomic E-state index is 12.9. The second-order valence-corrected chi connectivity index (χ2v) is 7.79. The number of aromatic nitrogens is 1. The lowest BCUT2D eigenvalue weighted by molar-refractivity contribution is 0.0551. The molecule has 0 aliphatic carbocycles. The first-order valence-corrected chi connectivity index (χ1v) is 9.36. The van der Waals surface area contributed by atoms with Crippen LogP contribution in [0.2, 0.25) is 0 Å². The third-order valence-corrected chi connectivity index (χ3v) is 4.47. The van der Waals surface area contributed by atoms with Gasteiger partial charge in [-0.25, -0.2) is 9.36 Å². The fourth-order valence-corrected chi connectivity index (χ4v) is 3.29. The van der Waals surface area contributed by atoms with Crippen LogP contribution in [-0.4, -0.2) is 16.3 Å². The Morgan fingerprint density at radius 1 is 0.857 bits per heavy atom. The van der Waals surface area contributed by atoms with E-state index in [1.807, 2.05) is 93.6 Å². The van der Waals surface area contributed by atoms with Crippen LogP contribution in [0.5, 0.6) is 5.75 Å². The molecule has 4 heteroatoms. The lowest BCUT2D eigenvalue weighted by atomic mass is 10.1. The SMILES string of the molecule is CC(C)(C)OC(=O)n1c2ccccc2c2cc(OCc3ccccc3)ccc21. The summed E-state index contributed by atoms with van der Waals surface area (Å²) >= 11 is 0. The van der Waals surface area contributed by atoms with Crippen molar-refractivity contribution >= 4 is 27.9 Å². The van der Waals surface area contributed by atoms with Gasteiger partial charge in [-0.2, -0.15) is 0 Å². The van der Waals surface area contributed by atoms with E-state index in [0.717, 1.165) is 33.1 Å². The van der Waals surface area contributed by atoms with E-state index in [1.165, 1.54) is 0 Å². The molecule has 142 valence electrons. The van der Waals surface area contributed by atoms with Crippen molar-refractivity contribution in [2.45, 2.75) is 33.0 Å². The number of hydrogen-bond acceptors (Lipinski definition) is 3. The highest BCUT2D eigenvalue weighted by molar-refractivity contribution is 6.12. The standard InChI is InChI=1S/C24H23NO3/c1-24(2,3)28-23(26)25-21-12-8-7-11-19(21)20-15-18(13-14-22(20)25)27-16-17-9-5-4-6-10-17/h4-15H,16H2,1-3H3. The predicted molar refractivity (Wildman–Crippen MR) is 112 cm³/mol. The molecule has 1 aromatic heterocycles. The monoisotopic (exact) mass is 373 g/mol. The normalized spacial score (nSPS) is 11.7. The zero-order chi connectivity index (χ0) is 19.7. The summed E-state index contributed by atoms with van der Waals surface area (Å²) < 4.78 is 13.2. The lowest BCUT2D eigenvalue weighted by Crippen LogP contribution is -2.27. The Hall–Kier alpha value is -3.27. The molecular weight excluding hydrogens is 350 g/mol. The largest absolute Gasteiger partial charge is 0.489 e. The van der Waals surface area contributed by atoms with Gasteiger partial charge in [-0.05, 0) is 50.6 Å². The van der Waals surface area contributed by atoms with Gasteiger partial charge in [0.15, 0.2) is 0 Å². The molecule has 3 aromatic carbocycles. The number of nitrogens with zero attached hydrogens (tertiary/aromatic N) is 1. The minimum absolute atomic E-state index is 0.378. The summed E-state index contributed by atoms with van der Waals surface area (Å²) in [5.41, 5.74) is 2.18. The number of carbonyl (C=O) groups is 1. The molecule has 0 bridgehead atoms. The molecule has 4 rings (SSSR count). The quantitative estimate of drug-likeness (QED) is 0.432. The smallest absolute Gasteiger partial charge is 0.419 e. The number of ether oxygens (including phenoxy) is 2. The molecule has 1 heterocycles. The summed E-state index contributed by atoms with van der Waals surface area (Å²) in [4.78, 5) is 12.9. The fraction of sp³-hybridized carbons (Fsp3) is 0.208. The van der Waals surface area contributed by atoms with Gasteiger partial charge in [0.1, 0.15) is 18.0 Å². The van der Waals surface area contributed by atoms with Gasteiger partial charge in [0.2, 0.25) is 0 Å². The van der Waals surface area contributed by atoms with Crippen LogP contribution >= 0.6 is 0 Å². The van der Waals surface area contributed by atoms with E-state index in [9.17, 15) is 4.79 Å². The topological polar surface area (TPSA) is 40.5 Å². The van der Waals surface area contributed by atoms with Gasteiger partial charge in [0, 0.05) is 10.8 Å². The number of hydrogen-bond donors (Lipinski definition) is 0. The summed E-state index contributed by atoms with van der Waals surface area (Å²) in [5.74, 6) is 0.767. The van der Waals surface area contributed by atoms with Gasteiger partial charge in [-0.15, -0.1) is 0 Å². The van der Waals surface area contributed by atoms with Crippen LogP contribution in [0.1, 0.15) is 26.3 Å². The second kappa shape index (κ2) is 7.04. The summed E-state index contributed by atoms with van der Waals surface area (Å²) in [5, 5.41) is 1.96. The lowest BCUT2D eigenvalue weighted by Gasteiger charge is -2.20. The Kier molecular flexibility index (Phi) is 4.55. The molecule has 0 spiro atoms. The van der Waals surface area contributed by atoms with Crippen LogP contribution in [0.4, 0.5) is 4.79 Å². The van der Waals surface area contributed by atoms with Gasteiger partial charge in [-0.1, -0.05) is 48.5 Å². The summed E-state index contributed by atoms with van der Waals surface area (Å²) in [6, 6.07) is 23.7. The van der Waals surface area contributed by atoms with E-state index in [1.54, 1.807) is 4.57 Å². The van der Waals surface area contributed by atoms with Crippen LogP contribution in [0.3, 0.4) is 0 Å². The number of para-hydroxylation sites is 1. The molecule has 0 unspecified atom stereocenters. The molecule has 0 aliphatic heterocycles.